The van der Waals surface area contributed by atoms with Gasteiger partial charge in [0.2, 0.25) is 0 Å². The number of nitrogens with one attached hydrogen (secondary N) is 2. The van der Waals surface area contributed by atoms with Gasteiger partial charge in [0.15, 0.2) is 5.96 Å². The van der Waals surface area contributed by atoms with Crippen molar-refractivity contribution < 1.29 is 5.11 Å². The molecule has 1 aliphatic carbocycles. The fraction of sp³-hybridized carbons (Fsp3) is 0.909. The maximum Gasteiger partial charge on any atom is 0.191 e. The zero-order valence-electron chi connectivity index (χ0n) is 10.0. The Bertz CT molecular complexity index is 222. The van der Waals surface area contributed by atoms with E-state index in [2.05, 4.69) is 29.5 Å². The molecule has 1 fully saturated rings. The molecular formula is C11H23N3O. The molecule has 0 aromatic rings. The van der Waals surface area contributed by atoms with E-state index < -0.39 is 5.60 Å². The molecule has 1 rings (SSSR count). The van der Waals surface area contributed by atoms with Gasteiger partial charge in [0.1, 0.15) is 0 Å². The van der Waals surface area contributed by atoms with E-state index in [4.69, 9.17) is 0 Å². The highest BCUT2D eigenvalue weighted by Gasteiger charge is 2.34. The van der Waals surface area contributed by atoms with Crippen LogP contribution in [0.5, 0.6) is 0 Å². The van der Waals surface area contributed by atoms with Gasteiger partial charge in [-0.1, -0.05) is 0 Å². The molecule has 0 atom stereocenters. The van der Waals surface area contributed by atoms with Gasteiger partial charge in [-0.25, -0.2) is 0 Å². The van der Waals surface area contributed by atoms with Crippen molar-refractivity contribution in [2.75, 3.05) is 13.1 Å². The van der Waals surface area contributed by atoms with Crippen molar-refractivity contribution in [2.45, 2.75) is 51.7 Å². The largest absolute Gasteiger partial charge is 0.388 e. The fourth-order valence-corrected chi connectivity index (χ4v) is 1.56. The summed E-state index contributed by atoms with van der Waals surface area (Å²) in [5.74, 6) is 0.799. The van der Waals surface area contributed by atoms with E-state index in [-0.39, 0.29) is 0 Å². The summed E-state index contributed by atoms with van der Waals surface area (Å²) in [6, 6.07) is 0.360. The van der Waals surface area contributed by atoms with Crippen LogP contribution >= 0.6 is 0 Å². The van der Waals surface area contributed by atoms with Gasteiger partial charge < -0.3 is 15.7 Å². The second-order valence-corrected chi connectivity index (χ2v) is 4.57. The van der Waals surface area contributed by atoms with Crippen molar-refractivity contribution in [1.82, 2.24) is 10.6 Å². The third-order valence-electron chi connectivity index (χ3n) is 2.59. The zero-order chi connectivity index (χ0) is 11.3. The number of rotatable bonds is 4. The number of nitrogens with zero attached hydrogens (tertiary/aromatic N) is 1. The van der Waals surface area contributed by atoms with Gasteiger partial charge in [0, 0.05) is 12.6 Å². The van der Waals surface area contributed by atoms with Crippen molar-refractivity contribution in [2.24, 2.45) is 4.99 Å². The molecular weight excluding hydrogens is 190 g/mol. The molecule has 4 nitrogen and oxygen atoms in total. The first-order chi connectivity index (χ1) is 7.06. The predicted molar refractivity (Wildman–Crippen MR) is 63.1 cm³/mol. The number of hydrogen-bond donors (Lipinski definition) is 3. The van der Waals surface area contributed by atoms with Crippen molar-refractivity contribution in [1.29, 1.82) is 0 Å². The Balaban J connectivity index is 2.42. The molecule has 0 aliphatic heterocycles. The highest BCUT2D eigenvalue weighted by atomic mass is 16.3. The van der Waals surface area contributed by atoms with E-state index in [1.807, 2.05) is 6.92 Å². The van der Waals surface area contributed by atoms with Gasteiger partial charge in [-0.15, -0.1) is 0 Å². The summed E-state index contributed by atoms with van der Waals surface area (Å²) in [7, 11) is 0. The summed E-state index contributed by atoms with van der Waals surface area (Å²) in [4.78, 5) is 4.39. The minimum atomic E-state index is -0.528. The molecule has 88 valence electrons. The van der Waals surface area contributed by atoms with E-state index >= 15 is 0 Å². The van der Waals surface area contributed by atoms with Gasteiger partial charge in [-0.3, -0.25) is 4.99 Å². The minimum Gasteiger partial charge on any atom is -0.388 e. The van der Waals surface area contributed by atoms with E-state index in [1.54, 1.807) is 0 Å². The second kappa shape index (κ2) is 5.35. The van der Waals surface area contributed by atoms with E-state index in [0.717, 1.165) is 31.8 Å². The summed E-state index contributed by atoms with van der Waals surface area (Å²) in [6.45, 7) is 7.54. The number of hydrogen-bond acceptors (Lipinski definition) is 2. The molecule has 0 spiro atoms. The quantitative estimate of drug-likeness (QED) is 0.479. The van der Waals surface area contributed by atoms with Crippen molar-refractivity contribution in [3.05, 3.63) is 0 Å². The molecule has 1 aliphatic rings. The monoisotopic (exact) mass is 213 g/mol. The average molecular weight is 213 g/mol. The highest BCUT2D eigenvalue weighted by molar-refractivity contribution is 5.80. The molecule has 0 bridgehead atoms. The van der Waals surface area contributed by atoms with Crippen molar-refractivity contribution >= 4 is 5.96 Å². The van der Waals surface area contributed by atoms with Gasteiger partial charge >= 0.3 is 0 Å². The standard InChI is InChI=1S/C11H23N3O/c1-4-12-10(14-9(2)3)13-8-11(15)6-5-7-11/h9,15H,4-8H2,1-3H3,(H2,12,13,14). The van der Waals surface area contributed by atoms with Crippen LogP contribution in [0.2, 0.25) is 0 Å². The van der Waals surface area contributed by atoms with Gasteiger partial charge in [0.05, 0.1) is 12.1 Å². The maximum absolute atomic E-state index is 9.90. The Labute approximate surface area is 92.2 Å². The van der Waals surface area contributed by atoms with Crippen molar-refractivity contribution in [3.63, 3.8) is 0 Å². The predicted octanol–water partition coefficient (Wildman–Crippen LogP) is 0.865. The van der Waals surface area contributed by atoms with Crippen LogP contribution in [-0.4, -0.2) is 35.8 Å². The van der Waals surface area contributed by atoms with Crippen LogP contribution in [0.4, 0.5) is 0 Å². The lowest BCUT2D eigenvalue weighted by molar-refractivity contribution is -0.0236. The van der Waals surface area contributed by atoms with Gasteiger partial charge in [-0.2, -0.15) is 0 Å². The van der Waals surface area contributed by atoms with Gasteiger partial charge in [-0.05, 0) is 40.0 Å². The van der Waals surface area contributed by atoms with E-state index in [9.17, 15) is 5.11 Å². The molecule has 0 aromatic carbocycles. The van der Waals surface area contributed by atoms with Crippen molar-refractivity contribution in [3.8, 4) is 0 Å². The van der Waals surface area contributed by atoms with Crippen LogP contribution in [0.1, 0.15) is 40.0 Å². The number of guanidine groups is 1. The summed E-state index contributed by atoms with van der Waals surface area (Å²) in [6.07, 6.45) is 2.90. The number of aliphatic hydroxyl groups is 1. The lowest BCUT2D eigenvalue weighted by atomic mass is 9.80. The first-order valence-corrected chi connectivity index (χ1v) is 5.83. The zero-order valence-corrected chi connectivity index (χ0v) is 10.0. The number of aliphatic imine (C=N–C) groups is 1. The summed E-state index contributed by atoms with van der Waals surface area (Å²) in [5, 5.41) is 16.3. The van der Waals surface area contributed by atoms with E-state index in [1.165, 1.54) is 0 Å². The molecule has 0 amide bonds. The highest BCUT2D eigenvalue weighted by Crippen LogP contribution is 2.31. The topological polar surface area (TPSA) is 56.7 Å². The van der Waals surface area contributed by atoms with E-state index in [0.29, 0.717) is 12.6 Å². The third-order valence-corrected chi connectivity index (χ3v) is 2.59. The summed E-state index contributed by atoms with van der Waals surface area (Å²) >= 11 is 0. The van der Waals surface area contributed by atoms with Crippen LogP contribution in [0.25, 0.3) is 0 Å². The Morgan fingerprint density at radius 1 is 1.47 bits per heavy atom. The van der Waals surface area contributed by atoms with Gasteiger partial charge in [0.25, 0.3) is 0 Å². The Morgan fingerprint density at radius 2 is 2.13 bits per heavy atom. The molecule has 0 unspecified atom stereocenters. The third kappa shape index (κ3) is 4.08. The molecule has 4 heteroatoms. The van der Waals surface area contributed by atoms with Crippen LogP contribution in [0, 0.1) is 0 Å². The molecule has 0 radical (unpaired) electrons. The molecule has 15 heavy (non-hydrogen) atoms. The molecule has 1 saturated carbocycles. The molecule has 0 heterocycles. The Kier molecular flexibility index (Phi) is 4.39. The summed E-state index contributed by atoms with van der Waals surface area (Å²) in [5.41, 5.74) is -0.528. The second-order valence-electron chi connectivity index (χ2n) is 4.57. The maximum atomic E-state index is 9.90. The lowest BCUT2D eigenvalue weighted by Crippen LogP contribution is -2.44. The minimum absolute atomic E-state index is 0.360. The van der Waals surface area contributed by atoms with Crippen LogP contribution in [0.15, 0.2) is 4.99 Å². The fourth-order valence-electron chi connectivity index (χ4n) is 1.56. The Morgan fingerprint density at radius 3 is 2.53 bits per heavy atom. The van der Waals surface area contributed by atoms with Crippen LogP contribution < -0.4 is 10.6 Å². The molecule has 3 N–H and O–H groups in total. The normalized spacial score (nSPS) is 19.9. The molecule has 0 saturated heterocycles. The smallest absolute Gasteiger partial charge is 0.191 e. The lowest BCUT2D eigenvalue weighted by Gasteiger charge is -2.35. The first kappa shape index (κ1) is 12.3. The average Bonchev–Trinajstić information content (AvgIpc) is 2.11. The van der Waals surface area contributed by atoms with Crippen LogP contribution in [-0.2, 0) is 0 Å². The first-order valence-electron chi connectivity index (χ1n) is 5.83. The Hall–Kier alpha value is -0.770. The SMILES string of the molecule is CCNC(=NCC1(O)CCC1)NC(C)C. The molecule has 0 aromatic heterocycles. The van der Waals surface area contributed by atoms with Crippen LogP contribution in [0.3, 0.4) is 0 Å². The summed E-state index contributed by atoms with van der Waals surface area (Å²) < 4.78 is 0.